The van der Waals surface area contributed by atoms with Crippen molar-refractivity contribution >= 4 is 17.7 Å². The van der Waals surface area contributed by atoms with Crippen molar-refractivity contribution in [2.24, 2.45) is 0 Å². The number of hydrogen-bond donors (Lipinski definition) is 2. The minimum atomic E-state index is -0.521. The molecule has 2 N–H and O–H groups in total. The molecule has 28 heavy (non-hydrogen) atoms. The Morgan fingerprint density at radius 1 is 1.14 bits per heavy atom. The molecule has 146 valence electrons. The van der Waals surface area contributed by atoms with Crippen molar-refractivity contribution in [2.75, 3.05) is 31.5 Å². The number of methoxy groups -OCH3 is 2. The molecular formula is C20H21FN4O3. The number of nitrogens with one attached hydrogen (secondary N) is 2. The number of anilines is 2. The molecule has 3 rings (SSSR count). The normalized spacial score (nSPS) is 10.5. The molecule has 8 heteroatoms. The standard InChI is InChI=1S/C20H21FN4O3/c1-27-10-9-25-18(14-5-3-8-17(11-14)28-2)13-22-19(25)24-20(26)23-16-7-4-6-15(21)12-16/h3-8,11-13H,9-10H2,1-2H3,(H2,22,23,24,26). The van der Waals surface area contributed by atoms with Crippen LogP contribution in [-0.2, 0) is 11.3 Å². The van der Waals surface area contributed by atoms with Crippen LogP contribution in [0.5, 0.6) is 5.75 Å². The quantitative estimate of drug-likeness (QED) is 0.646. The van der Waals surface area contributed by atoms with E-state index in [-0.39, 0.29) is 0 Å². The molecule has 0 atom stereocenters. The van der Waals surface area contributed by atoms with Crippen LogP contribution in [0.25, 0.3) is 11.3 Å². The van der Waals surface area contributed by atoms with Gasteiger partial charge >= 0.3 is 6.03 Å². The first-order valence-electron chi connectivity index (χ1n) is 8.63. The zero-order chi connectivity index (χ0) is 19.9. The van der Waals surface area contributed by atoms with E-state index in [9.17, 15) is 9.18 Å². The second kappa shape index (κ2) is 9.01. The molecule has 1 heterocycles. The maximum absolute atomic E-state index is 13.3. The van der Waals surface area contributed by atoms with E-state index >= 15 is 0 Å². The van der Waals surface area contributed by atoms with Crippen LogP contribution in [0.3, 0.4) is 0 Å². The Hall–Kier alpha value is -3.39. The molecule has 0 bridgehead atoms. The summed E-state index contributed by atoms with van der Waals surface area (Å²) in [6, 6.07) is 12.7. The van der Waals surface area contributed by atoms with Gasteiger partial charge in [-0.2, -0.15) is 0 Å². The first kappa shape index (κ1) is 19.4. The van der Waals surface area contributed by atoms with Crippen LogP contribution in [0.2, 0.25) is 0 Å². The maximum Gasteiger partial charge on any atom is 0.326 e. The summed E-state index contributed by atoms with van der Waals surface area (Å²) in [4.78, 5) is 16.6. The molecule has 0 saturated carbocycles. The van der Waals surface area contributed by atoms with Gasteiger partial charge in [0.1, 0.15) is 11.6 Å². The molecule has 3 aromatic rings. The number of hydrogen-bond acceptors (Lipinski definition) is 4. The Morgan fingerprint density at radius 2 is 1.96 bits per heavy atom. The minimum Gasteiger partial charge on any atom is -0.497 e. The molecule has 7 nitrogen and oxygen atoms in total. The lowest BCUT2D eigenvalue weighted by molar-refractivity contribution is 0.188. The average molecular weight is 384 g/mol. The van der Waals surface area contributed by atoms with E-state index in [0.29, 0.717) is 24.8 Å². The van der Waals surface area contributed by atoms with Gasteiger partial charge in [0.25, 0.3) is 0 Å². The monoisotopic (exact) mass is 384 g/mol. The van der Waals surface area contributed by atoms with Gasteiger partial charge in [-0.3, -0.25) is 5.32 Å². The molecule has 0 unspecified atom stereocenters. The molecular weight excluding hydrogens is 363 g/mol. The van der Waals surface area contributed by atoms with E-state index < -0.39 is 11.8 Å². The van der Waals surface area contributed by atoms with Gasteiger partial charge in [0, 0.05) is 24.9 Å². The number of urea groups is 1. The number of nitrogens with zero attached hydrogens (tertiary/aromatic N) is 2. The van der Waals surface area contributed by atoms with Gasteiger partial charge < -0.3 is 19.4 Å². The largest absolute Gasteiger partial charge is 0.497 e. The first-order valence-corrected chi connectivity index (χ1v) is 8.63. The number of rotatable bonds is 7. The lowest BCUT2D eigenvalue weighted by Gasteiger charge is -2.13. The molecule has 0 aliphatic heterocycles. The second-order valence-corrected chi connectivity index (χ2v) is 5.93. The lowest BCUT2D eigenvalue weighted by Crippen LogP contribution is -2.22. The highest BCUT2D eigenvalue weighted by molar-refractivity contribution is 5.98. The van der Waals surface area contributed by atoms with Gasteiger partial charge in [0.2, 0.25) is 5.95 Å². The van der Waals surface area contributed by atoms with Crippen molar-refractivity contribution in [3.05, 3.63) is 60.5 Å². The Morgan fingerprint density at radius 3 is 2.71 bits per heavy atom. The summed E-state index contributed by atoms with van der Waals surface area (Å²) < 4.78 is 25.6. The first-order chi connectivity index (χ1) is 13.6. The number of ether oxygens (including phenoxy) is 2. The number of aromatic nitrogens is 2. The van der Waals surface area contributed by atoms with Crippen LogP contribution in [0, 0.1) is 5.82 Å². The van der Waals surface area contributed by atoms with E-state index in [1.165, 1.54) is 18.2 Å². The van der Waals surface area contributed by atoms with E-state index in [0.717, 1.165) is 17.0 Å². The van der Waals surface area contributed by atoms with Gasteiger partial charge in [-0.25, -0.2) is 14.2 Å². The predicted molar refractivity (Wildman–Crippen MR) is 105 cm³/mol. The summed E-state index contributed by atoms with van der Waals surface area (Å²) in [6.45, 7) is 0.923. The maximum atomic E-state index is 13.3. The third-order valence-corrected chi connectivity index (χ3v) is 4.05. The highest BCUT2D eigenvalue weighted by Crippen LogP contribution is 2.26. The Kier molecular flexibility index (Phi) is 6.23. The predicted octanol–water partition coefficient (Wildman–Crippen LogP) is 3.99. The fourth-order valence-electron chi connectivity index (χ4n) is 2.73. The van der Waals surface area contributed by atoms with Crippen molar-refractivity contribution in [2.45, 2.75) is 6.54 Å². The topological polar surface area (TPSA) is 77.4 Å². The molecule has 2 amide bonds. The summed E-state index contributed by atoms with van der Waals surface area (Å²) in [7, 11) is 3.21. The highest BCUT2D eigenvalue weighted by atomic mass is 19.1. The van der Waals surface area contributed by atoms with Gasteiger partial charge in [-0.05, 0) is 30.3 Å². The van der Waals surface area contributed by atoms with Crippen molar-refractivity contribution in [3.8, 4) is 17.0 Å². The SMILES string of the molecule is COCCn1c(-c2cccc(OC)c2)cnc1NC(=O)Nc1cccc(F)c1. The Labute approximate surface area is 162 Å². The van der Waals surface area contributed by atoms with Crippen molar-refractivity contribution in [1.82, 2.24) is 9.55 Å². The van der Waals surface area contributed by atoms with Gasteiger partial charge in [-0.15, -0.1) is 0 Å². The van der Waals surface area contributed by atoms with Crippen LogP contribution in [0.15, 0.2) is 54.7 Å². The molecule has 1 aromatic heterocycles. The second-order valence-electron chi connectivity index (χ2n) is 5.93. The Bertz CT molecular complexity index is 958. The number of amides is 2. The van der Waals surface area contributed by atoms with Crippen molar-refractivity contribution < 1.29 is 18.7 Å². The van der Waals surface area contributed by atoms with E-state index in [4.69, 9.17) is 9.47 Å². The average Bonchev–Trinajstić information content (AvgIpc) is 3.08. The third-order valence-electron chi connectivity index (χ3n) is 4.05. The number of imidazole rings is 1. The fraction of sp³-hybridized carbons (Fsp3) is 0.200. The van der Waals surface area contributed by atoms with E-state index in [1.807, 2.05) is 28.8 Å². The number of carbonyl (C=O) groups excluding carboxylic acids is 1. The van der Waals surface area contributed by atoms with Crippen LogP contribution in [0.4, 0.5) is 20.8 Å². The smallest absolute Gasteiger partial charge is 0.326 e. The molecule has 2 aromatic carbocycles. The number of benzene rings is 2. The zero-order valence-corrected chi connectivity index (χ0v) is 15.6. The number of halogens is 1. The van der Waals surface area contributed by atoms with Gasteiger partial charge in [0.05, 0.1) is 25.6 Å². The van der Waals surface area contributed by atoms with Gasteiger partial charge in [0.15, 0.2) is 0 Å². The van der Waals surface area contributed by atoms with Crippen LogP contribution >= 0.6 is 0 Å². The molecule has 0 aliphatic carbocycles. The highest BCUT2D eigenvalue weighted by Gasteiger charge is 2.15. The van der Waals surface area contributed by atoms with Crippen molar-refractivity contribution in [3.63, 3.8) is 0 Å². The third kappa shape index (κ3) is 4.66. The van der Waals surface area contributed by atoms with E-state index in [2.05, 4.69) is 15.6 Å². The molecule has 0 aliphatic rings. The van der Waals surface area contributed by atoms with Crippen LogP contribution in [-0.4, -0.2) is 36.4 Å². The number of carbonyl (C=O) groups is 1. The van der Waals surface area contributed by atoms with Crippen molar-refractivity contribution in [1.29, 1.82) is 0 Å². The minimum absolute atomic E-state index is 0.348. The molecule has 0 spiro atoms. The summed E-state index contributed by atoms with van der Waals surface area (Å²) in [5.41, 5.74) is 2.04. The van der Waals surface area contributed by atoms with Gasteiger partial charge in [-0.1, -0.05) is 18.2 Å². The Balaban J connectivity index is 1.84. The summed E-state index contributed by atoms with van der Waals surface area (Å²) >= 11 is 0. The van der Waals surface area contributed by atoms with E-state index in [1.54, 1.807) is 26.5 Å². The fourth-order valence-corrected chi connectivity index (χ4v) is 2.73. The summed E-state index contributed by atoms with van der Waals surface area (Å²) in [5.74, 6) is 0.638. The van der Waals surface area contributed by atoms with Crippen LogP contribution in [0.1, 0.15) is 0 Å². The summed E-state index contributed by atoms with van der Waals surface area (Å²) in [5, 5.41) is 5.29. The lowest BCUT2D eigenvalue weighted by atomic mass is 10.1. The molecule has 0 fully saturated rings. The van der Waals surface area contributed by atoms with Crippen LogP contribution < -0.4 is 15.4 Å². The molecule has 0 saturated heterocycles. The zero-order valence-electron chi connectivity index (χ0n) is 15.6. The summed E-state index contributed by atoms with van der Waals surface area (Å²) in [6.07, 6.45) is 1.67. The molecule has 0 radical (unpaired) electrons.